The second-order valence-corrected chi connectivity index (χ2v) is 4.57. The number of hydrogen-bond donors (Lipinski definition) is 1. The Balaban J connectivity index is 2.00. The van der Waals surface area contributed by atoms with E-state index in [0.29, 0.717) is 0 Å². The van der Waals surface area contributed by atoms with Gasteiger partial charge in [0.1, 0.15) is 0 Å². The largest absolute Gasteiger partial charge is 0.253 e. The molecule has 1 aromatic carbocycles. The molecule has 0 bridgehead atoms. The van der Waals surface area contributed by atoms with E-state index in [1.54, 1.807) is 12.4 Å². The van der Waals surface area contributed by atoms with E-state index >= 15 is 0 Å². The molecule has 0 spiro atoms. The van der Waals surface area contributed by atoms with Crippen LogP contribution in [0.25, 0.3) is 0 Å². The highest BCUT2D eigenvalue weighted by Gasteiger charge is 1.91. The molecule has 0 saturated heterocycles. The minimum atomic E-state index is 0.793. The second-order valence-electron chi connectivity index (χ2n) is 2.76. The number of hydrogen-bond acceptors (Lipinski definition) is 4. The summed E-state index contributed by atoms with van der Waals surface area (Å²) in [5.41, 5.74) is 3.89. The van der Waals surface area contributed by atoms with Crippen LogP contribution in [0.15, 0.2) is 45.4 Å². The fraction of sp³-hybridized carbons (Fsp3) is 0. The topological polar surface area (TPSA) is 37.3 Å². The van der Waals surface area contributed by atoms with Crippen molar-refractivity contribution >= 4 is 38.6 Å². The molecule has 0 atom stereocenters. The summed E-state index contributed by atoms with van der Waals surface area (Å²) in [5, 5.41) is 6.77. The minimum absolute atomic E-state index is 0.793. The molecule has 3 nitrogen and oxygen atoms in total. The summed E-state index contributed by atoms with van der Waals surface area (Å²) in [6.07, 6.45) is 3.49. The first-order valence-corrected chi connectivity index (χ1v) is 5.96. The number of benzene rings is 1. The van der Waals surface area contributed by atoms with Gasteiger partial charge in [0.2, 0.25) is 5.13 Å². The molecule has 0 aliphatic heterocycles. The van der Waals surface area contributed by atoms with Gasteiger partial charge in [0, 0.05) is 16.0 Å². The van der Waals surface area contributed by atoms with Crippen molar-refractivity contribution < 1.29 is 0 Å². The zero-order valence-electron chi connectivity index (χ0n) is 7.72. The van der Waals surface area contributed by atoms with Gasteiger partial charge in [-0.15, -0.1) is 11.3 Å². The molecule has 1 heterocycles. The highest BCUT2D eigenvalue weighted by molar-refractivity contribution is 9.10. The Kier molecular flexibility index (Phi) is 3.47. The van der Waals surface area contributed by atoms with Crippen LogP contribution in [0.4, 0.5) is 5.13 Å². The van der Waals surface area contributed by atoms with Gasteiger partial charge in [0.05, 0.1) is 6.21 Å². The summed E-state index contributed by atoms with van der Waals surface area (Å²) in [6.45, 7) is 0. The van der Waals surface area contributed by atoms with Gasteiger partial charge in [-0.3, -0.25) is 5.43 Å². The number of nitrogens with one attached hydrogen (secondary N) is 1. The molecular formula is C10H8BrN3S. The number of rotatable bonds is 3. The maximum absolute atomic E-state index is 4.08. The lowest BCUT2D eigenvalue weighted by molar-refractivity contribution is 1.29. The Labute approximate surface area is 100.0 Å². The van der Waals surface area contributed by atoms with Gasteiger partial charge < -0.3 is 0 Å². The predicted molar refractivity (Wildman–Crippen MR) is 67.5 cm³/mol. The van der Waals surface area contributed by atoms with Crippen molar-refractivity contribution in [3.63, 3.8) is 0 Å². The van der Waals surface area contributed by atoms with Crippen LogP contribution in [-0.2, 0) is 0 Å². The number of nitrogens with zero attached hydrogens (tertiary/aromatic N) is 2. The average Bonchev–Trinajstić information content (AvgIpc) is 2.71. The summed E-state index contributed by atoms with van der Waals surface area (Å²) in [4.78, 5) is 4.05. The summed E-state index contributed by atoms with van der Waals surface area (Å²) < 4.78 is 1.04. The fourth-order valence-electron chi connectivity index (χ4n) is 1.03. The highest BCUT2D eigenvalue weighted by Crippen LogP contribution is 2.11. The Hall–Kier alpha value is -1.20. The summed E-state index contributed by atoms with van der Waals surface area (Å²) in [7, 11) is 0. The Morgan fingerprint density at radius 1 is 1.47 bits per heavy atom. The van der Waals surface area contributed by atoms with E-state index in [0.717, 1.165) is 15.2 Å². The van der Waals surface area contributed by atoms with Crippen molar-refractivity contribution in [3.8, 4) is 0 Å². The van der Waals surface area contributed by atoms with E-state index in [1.165, 1.54) is 11.3 Å². The van der Waals surface area contributed by atoms with E-state index in [1.807, 2.05) is 29.6 Å². The van der Waals surface area contributed by atoms with Crippen LogP contribution in [0.2, 0.25) is 0 Å². The molecule has 0 aliphatic rings. The standard InChI is InChI=1S/C10H8BrN3S/c11-9-3-1-2-8(6-9)7-13-14-10-12-4-5-15-10/h1-7H,(H,12,14)/b13-7-. The Bertz CT molecular complexity index is 453. The zero-order chi connectivity index (χ0) is 10.5. The van der Waals surface area contributed by atoms with E-state index in [9.17, 15) is 0 Å². The molecule has 0 saturated carbocycles. The second kappa shape index (κ2) is 5.04. The van der Waals surface area contributed by atoms with Crippen molar-refractivity contribution in [1.82, 2.24) is 4.98 Å². The monoisotopic (exact) mass is 281 g/mol. The van der Waals surface area contributed by atoms with Crippen LogP contribution < -0.4 is 5.43 Å². The molecule has 2 rings (SSSR count). The van der Waals surface area contributed by atoms with Gasteiger partial charge in [-0.25, -0.2) is 4.98 Å². The van der Waals surface area contributed by atoms with E-state index in [2.05, 4.69) is 31.4 Å². The van der Waals surface area contributed by atoms with Crippen LogP contribution in [-0.4, -0.2) is 11.2 Å². The maximum Gasteiger partial charge on any atom is 0.203 e. The molecule has 1 N–H and O–H groups in total. The summed E-state index contributed by atoms with van der Waals surface area (Å²) >= 11 is 4.92. The summed E-state index contributed by atoms with van der Waals surface area (Å²) in [6, 6.07) is 7.92. The third-order valence-corrected chi connectivity index (χ3v) is 2.83. The average molecular weight is 282 g/mol. The van der Waals surface area contributed by atoms with Crippen molar-refractivity contribution in [2.24, 2.45) is 5.10 Å². The fourth-order valence-corrected chi connectivity index (χ4v) is 1.92. The van der Waals surface area contributed by atoms with Crippen molar-refractivity contribution in [3.05, 3.63) is 45.9 Å². The van der Waals surface area contributed by atoms with E-state index in [-0.39, 0.29) is 0 Å². The first-order valence-electron chi connectivity index (χ1n) is 4.29. The lowest BCUT2D eigenvalue weighted by Gasteiger charge is -1.94. The zero-order valence-corrected chi connectivity index (χ0v) is 10.1. The van der Waals surface area contributed by atoms with E-state index in [4.69, 9.17) is 0 Å². The van der Waals surface area contributed by atoms with Crippen molar-refractivity contribution in [2.75, 3.05) is 5.43 Å². The molecule has 0 fully saturated rings. The molecule has 0 amide bonds. The normalized spacial score (nSPS) is 10.7. The van der Waals surface area contributed by atoms with Crippen LogP contribution in [0, 0.1) is 0 Å². The maximum atomic E-state index is 4.08. The van der Waals surface area contributed by atoms with Crippen LogP contribution in [0.1, 0.15) is 5.56 Å². The SMILES string of the molecule is Brc1cccc(/C=N\Nc2nccs2)c1. The first kappa shape index (κ1) is 10.3. The molecule has 5 heteroatoms. The van der Waals surface area contributed by atoms with Crippen molar-refractivity contribution in [2.45, 2.75) is 0 Å². The Morgan fingerprint density at radius 2 is 2.40 bits per heavy atom. The number of thiazole rings is 1. The number of halogens is 1. The lowest BCUT2D eigenvalue weighted by atomic mass is 10.2. The van der Waals surface area contributed by atoms with Crippen LogP contribution in [0.5, 0.6) is 0 Å². The molecular weight excluding hydrogens is 274 g/mol. The summed E-state index contributed by atoms with van der Waals surface area (Å²) in [5.74, 6) is 0. The van der Waals surface area contributed by atoms with Gasteiger partial charge >= 0.3 is 0 Å². The quantitative estimate of drug-likeness (QED) is 0.692. The molecule has 76 valence electrons. The van der Waals surface area contributed by atoms with Gasteiger partial charge in [-0.2, -0.15) is 5.10 Å². The third-order valence-electron chi connectivity index (χ3n) is 1.65. The van der Waals surface area contributed by atoms with Crippen molar-refractivity contribution in [1.29, 1.82) is 0 Å². The van der Waals surface area contributed by atoms with Crippen LogP contribution >= 0.6 is 27.3 Å². The number of anilines is 1. The molecule has 0 radical (unpaired) electrons. The van der Waals surface area contributed by atoms with Crippen LogP contribution in [0.3, 0.4) is 0 Å². The smallest absolute Gasteiger partial charge is 0.203 e. The first-order chi connectivity index (χ1) is 7.34. The Morgan fingerprint density at radius 3 is 3.13 bits per heavy atom. The molecule has 0 aliphatic carbocycles. The molecule has 0 unspecified atom stereocenters. The third kappa shape index (κ3) is 3.14. The lowest BCUT2D eigenvalue weighted by Crippen LogP contribution is -1.89. The van der Waals surface area contributed by atoms with E-state index < -0.39 is 0 Å². The van der Waals surface area contributed by atoms with Gasteiger partial charge in [-0.1, -0.05) is 28.1 Å². The minimum Gasteiger partial charge on any atom is -0.253 e. The van der Waals surface area contributed by atoms with Gasteiger partial charge in [-0.05, 0) is 17.7 Å². The van der Waals surface area contributed by atoms with Gasteiger partial charge in [0.15, 0.2) is 0 Å². The highest BCUT2D eigenvalue weighted by atomic mass is 79.9. The molecule has 2 aromatic rings. The molecule has 15 heavy (non-hydrogen) atoms. The molecule has 1 aromatic heterocycles. The number of aromatic nitrogens is 1. The predicted octanol–water partition coefficient (Wildman–Crippen LogP) is 3.35. The number of hydrazone groups is 1. The van der Waals surface area contributed by atoms with Gasteiger partial charge in [0.25, 0.3) is 0 Å².